The van der Waals surface area contributed by atoms with E-state index in [-0.39, 0.29) is 11.3 Å². The third kappa shape index (κ3) is 3.22. The molecule has 5 heteroatoms. The summed E-state index contributed by atoms with van der Waals surface area (Å²) in [5.41, 5.74) is 7.49. The molecule has 0 aliphatic heterocycles. The minimum Gasteiger partial charge on any atom is -0.395 e. The molecule has 0 saturated carbocycles. The van der Waals surface area contributed by atoms with Crippen LogP contribution in [-0.4, -0.2) is 22.6 Å². The van der Waals surface area contributed by atoms with E-state index in [1.165, 1.54) is 0 Å². The van der Waals surface area contributed by atoms with Crippen LogP contribution in [0.4, 0.5) is 5.69 Å². The summed E-state index contributed by atoms with van der Waals surface area (Å²) in [7, 11) is 0. The number of rotatable bonds is 5. The number of nitrogen functional groups attached to an aromatic ring is 1. The Morgan fingerprint density at radius 3 is 2.59 bits per heavy atom. The SMILES string of the molecule is CCc1[nH]nc(C(=O)NCC(C)(C)CC)c1N. The van der Waals surface area contributed by atoms with E-state index >= 15 is 0 Å². The molecule has 4 N–H and O–H groups in total. The summed E-state index contributed by atoms with van der Waals surface area (Å²) in [5.74, 6) is -0.208. The number of H-pyrrole nitrogens is 1. The summed E-state index contributed by atoms with van der Waals surface area (Å²) in [6.45, 7) is 8.91. The normalized spacial score (nSPS) is 11.5. The number of carbonyl (C=O) groups excluding carboxylic acids is 1. The number of aromatic amines is 1. The first kappa shape index (κ1) is 13.5. The zero-order valence-electron chi connectivity index (χ0n) is 11.1. The molecule has 1 rings (SSSR count). The lowest BCUT2D eigenvalue weighted by atomic mass is 9.90. The Balaban J connectivity index is 2.67. The quantitative estimate of drug-likeness (QED) is 0.730. The van der Waals surface area contributed by atoms with Crippen LogP contribution in [0.2, 0.25) is 0 Å². The van der Waals surface area contributed by atoms with Gasteiger partial charge in [0.05, 0.1) is 11.4 Å². The zero-order chi connectivity index (χ0) is 13.1. The van der Waals surface area contributed by atoms with Crippen molar-refractivity contribution in [1.29, 1.82) is 0 Å². The van der Waals surface area contributed by atoms with Gasteiger partial charge in [0.1, 0.15) is 0 Å². The summed E-state index contributed by atoms with van der Waals surface area (Å²) < 4.78 is 0. The molecule has 0 saturated heterocycles. The fraction of sp³-hybridized carbons (Fsp3) is 0.667. The Morgan fingerprint density at radius 2 is 2.12 bits per heavy atom. The van der Waals surface area contributed by atoms with E-state index in [0.29, 0.717) is 17.9 Å². The lowest BCUT2D eigenvalue weighted by Gasteiger charge is -2.22. The Kier molecular flexibility index (Phi) is 4.15. The van der Waals surface area contributed by atoms with Gasteiger partial charge in [-0.2, -0.15) is 5.10 Å². The molecule has 1 aromatic rings. The van der Waals surface area contributed by atoms with Gasteiger partial charge in [-0.15, -0.1) is 0 Å². The van der Waals surface area contributed by atoms with Gasteiger partial charge in [-0.3, -0.25) is 9.89 Å². The van der Waals surface area contributed by atoms with E-state index in [0.717, 1.165) is 18.5 Å². The second-order valence-electron chi connectivity index (χ2n) is 5.02. The van der Waals surface area contributed by atoms with Crippen molar-refractivity contribution >= 4 is 11.6 Å². The van der Waals surface area contributed by atoms with Crippen molar-refractivity contribution < 1.29 is 4.79 Å². The van der Waals surface area contributed by atoms with Crippen LogP contribution in [0.15, 0.2) is 0 Å². The molecule has 0 unspecified atom stereocenters. The van der Waals surface area contributed by atoms with Crippen LogP contribution >= 0.6 is 0 Å². The molecule has 0 spiro atoms. The first-order valence-electron chi connectivity index (χ1n) is 6.02. The standard InChI is InChI=1S/C12H22N4O/c1-5-8-9(13)10(16-15-8)11(17)14-7-12(3,4)6-2/h5-7,13H2,1-4H3,(H,14,17)(H,15,16). The number of nitrogens with zero attached hydrogens (tertiary/aromatic N) is 1. The van der Waals surface area contributed by atoms with Gasteiger partial charge in [-0.25, -0.2) is 0 Å². The van der Waals surface area contributed by atoms with E-state index in [9.17, 15) is 4.79 Å². The fourth-order valence-electron chi connectivity index (χ4n) is 1.36. The van der Waals surface area contributed by atoms with Crippen LogP contribution in [0.25, 0.3) is 0 Å². The van der Waals surface area contributed by atoms with Gasteiger partial charge in [-0.05, 0) is 18.3 Å². The topological polar surface area (TPSA) is 83.8 Å². The number of aryl methyl sites for hydroxylation is 1. The predicted molar refractivity (Wildman–Crippen MR) is 68.8 cm³/mol. The Hall–Kier alpha value is -1.52. The lowest BCUT2D eigenvalue weighted by Crippen LogP contribution is -2.34. The van der Waals surface area contributed by atoms with Crippen molar-refractivity contribution in [2.75, 3.05) is 12.3 Å². The van der Waals surface area contributed by atoms with Crippen LogP contribution in [-0.2, 0) is 6.42 Å². The fourth-order valence-corrected chi connectivity index (χ4v) is 1.36. The highest BCUT2D eigenvalue weighted by molar-refractivity contribution is 5.97. The molecular formula is C12H22N4O. The summed E-state index contributed by atoms with van der Waals surface area (Å²) >= 11 is 0. The minimum absolute atomic E-state index is 0.0916. The highest BCUT2D eigenvalue weighted by Crippen LogP contribution is 2.19. The molecule has 0 radical (unpaired) electrons. The zero-order valence-corrected chi connectivity index (χ0v) is 11.1. The van der Waals surface area contributed by atoms with Gasteiger partial charge < -0.3 is 11.1 Å². The predicted octanol–water partition coefficient (Wildman–Crippen LogP) is 1.72. The second-order valence-corrected chi connectivity index (χ2v) is 5.02. The third-order valence-electron chi connectivity index (χ3n) is 3.14. The van der Waals surface area contributed by atoms with Gasteiger partial charge >= 0.3 is 0 Å². The van der Waals surface area contributed by atoms with E-state index in [2.05, 4.69) is 36.3 Å². The Bertz CT molecular complexity index is 395. The average Bonchev–Trinajstić information content (AvgIpc) is 2.67. The second kappa shape index (κ2) is 5.21. The van der Waals surface area contributed by atoms with E-state index < -0.39 is 0 Å². The molecule has 0 aliphatic carbocycles. The summed E-state index contributed by atoms with van der Waals surface area (Å²) in [4.78, 5) is 11.9. The number of amides is 1. The molecule has 96 valence electrons. The number of nitrogens with one attached hydrogen (secondary N) is 2. The minimum atomic E-state index is -0.208. The Labute approximate surface area is 102 Å². The van der Waals surface area contributed by atoms with E-state index in [1.807, 2.05) is 6.92 Å². The van der Waals surface area contributed by atoms with E-state index in [4.69, 9.17) is 5.73 Å². The number of carbonyl (C=O) groups is 1. The van der Waals surface area contributed by atoms with Crippen molar-refractivity contribution in [2.45, 2.75) is 40.5 Å². The summed E-state index contributed by atoms with van der Waals surface area (Å²) in [5, 5.41) is 9.60. The molecule has 0 bridgehead atoms. The molecule has 0 aliphatic rings. The van der Waals surface area contributed by atoms with Crippen molar-refractivity contribution in [3.8, 4) is 0 Å². The van der Waals surface area contributed by atoms with Gasteiger partial charge in [0.15, 0.2) is 5.69 Å². The molecular weight excluding hydrogens is 216 g/mol. The highest BCUT2D eigenvalue weighted by Gasteiger charge is 2.20. The van der Waals surface area contributed by atoms with Crippen LogP contribution in [0.1, 0.15) is 50.3 Å². The molecule has 17 heavy (non-hydrogen) atoms. The first-order valence-corrected chi connectivity index (χ1v) is 6.02. The van der Waals surface area contributed by atoms with Crippen molar-refractivity contribution in [2.24, 2.45) is 5.41 Å². The van der Waals surface area contributed by atoms with Gasteiger partial charge in [0, 0.05) is 6.54 Å². The first-order chi connectivity index (χ1) is 7.91. The number of anilines is 1. The van der Waals surface area contributed by atoms with Crippen molar-refractivity contribution in [1.82, 2.24) is 15.5 Å². The van der Waals surface area contributed by atoms with Gasteiger partial charge in [-0.1, -0.05) is 27.7 Å². The summed E-state index contributed by atoms with van der Waals surface area (Å²) in [6.07, 6.45) is 1.75. The molecule has 1 aromatic heterocycles. The highest BCUT2D eigenvalue weighted by atomic mass is 16.1. The number of hydrogen-bond donors (Lipinski definition) is 3. The molecule has 5 nitrogen and oxygen atoms in total. The maximum atomic E-state index is 11.9. The van der Waals surface area contributed by atoms with Crippen LogP contribution in [0, 0.1) is 5.41 Å². The average molecular weight is 238 g/mol. The smallest absolute Gasteiger partial charge is 0.273 e. The Morgan fingerprint density at radius 1 is 1.47 bits per heavy atom. The number of hydrogen-bond acceptors (Lipinski definition) is 3. The van der Waals surface area contributed by atoms with Crippen molar-refractivity contribution in [3.05, 3.63) is 11.4 Å². The maximum Gasteiger partial charge on any atom is 0.273 e. The molecule has 0 aromatic carbocycles. The van der Waals surface area contributed by atoms with E-state index in [1.54, 1.807) is 0 Å². The van der Waals surface area contributed by atoms with Gasteiger partial charge in [0.25, 0.3) is 5.91 Å². The third-order valence-corrected chi connectivity index (χ3v) is 3.14. The molecule has 0 fully saturated rings. The van der Waals surface area contributed by atoms with Crippen LogP contribution < -0.4 is 11.1 Å². The van der Waals surface area contributed by atoms with Gasteiger partial charge in [0.2, 0.25) is 0 Å². The monoisotopic (exact) mass is 238 g/mol. The van der Waals surface area contributed by atoms with Crippen molar-refractivity contribution in [3.63, 3.8) is 0 Å². The molecule has 0 atom stereocenters. The maximum absolute atomic E-state index is 11.9. The summed E-state index contributed by atoms with van der Waals surface area (Å²) in [6, 6.07) is 0. The number of nitrogens with two attached hydrogens (primary N) is 1. The molecule has 1 amide bonds. The lowest BCUT2D eigenvalue weighted by molar-refractivity contribution is 0.0931. The van der Waals surface area contributed by atoms with Crippen LogP contribution in [0.3, 0.4) is 0 Å². The number of aromatic nitrogens is 2. The molecule has 1 heterocycles. The largest absolute Gasteiger partial charge is 0.395 e. The van der Waals surface area contributed by atoms with Crippen LogP contribution in [0.5, 0.6) is 0 Å².